The molecule has 0 spiro atoms. The number of ether oxygens (including phenoxy) is 3. The summed E-state index contributed by atoms with van der Waals surface area (Å²) in [6.07, 6.45) is 2.17. The second kappa shape index (κ2) is 15.2. The molecule has 0 aliphatic carbocycles. The van der Waals surface area contributed by atoms with Crippen molar-refractivity contribution in [2.75, 3.05) is 20.8 Å². The van der Waals surface area contributed by atoms with Gasteiger partial charge in [-0.3, -0.25) is 14.8 Å². The third-order valence-electron chi connectivity index (χ3n) is 7.35. The Bertz CT molecular complexity index is 2040. The van der Waals surface area contributed by atoms with Crippen molar-refractivity contribution in [3.8, 4) is 17.3 Å². The first-order chi connectivity index (χ1) is 23.6. The Labute approximate surface area is 282 Å². The zero-order chi connectivity index (χ0) is 35.1. The molecule has 0 saturated carbocycles. The van der Waals surface area contributed by atoms with Crippen LogP contribution in [0.4, 0.5) is 0 Å². The van der Waals surface area contributed by atoms with Crippen LogP contribution in [0.25, 0.3) is 16.7 Å². The lowest BCUT2D eigenvalue weighted by atomic mass is 10.1. The highest BCUT2D eigenvalue weighted by Crippen LogP contribution is 2.28. The van der Waals surface area contributed by atoms with Gasteiger partial charge < -0.3 is 34.8 Å². The first-order valence-corrected chi connectivity index (χ1v) is 15.4. The lowest BCUT2D eigenvalue weighted by Gasteiger charge is -2.13. The molecular formula is C35H37N7O7. The molecule has 5 rings (SSSR count). The standard InChI is InChI=1S/C35H37N7O7/c1-6-14-37-29(30(21(3)36)48-19-22-10-8-7-9-11-22)34-40-32(31(49-34)35(44)45)42-26-18-38-20(2)15-25(26)28(41-42)33(43)39-17-23-12-13-24(46-4)16-27(23)47-5/h7-13,15-16,18H,6,14,17,19,36H2,1-5H3,(H,39,43)(H,44,45)/b30-21+,37-29?. The van der Waals surface area contributed by atoms with Crippen LogP contribution in [0, 0.1) is 6.92 Å². The number of aromatic nitrogens is 4. The monoisotopic (exact) mass is 667 g/mol. The van der Waals surface area contributed by atoms with Crippen LogP contribution in [-0.2, 0) is 17.9 Å². The van der Waals surface area contributed by atoms with Crippen molar-refractivity contribution >= 4 is 28.5 Å². The number of methoxy groups -OCH3 is 2. The molecule has 254 valence electrons. The molecule has 0 fully saturated rings. The lowest BCUT2D eigenvalue weighted by Crippen LogP contribution is -2.24. The Morgan fingerprint density at radius 3 is 2.55 bits per heavy atom. The summed E-state index contributed by atoms with van der Waals surface area (Å²) in [5, 5.41) is 18.1. The first kappa shape index (κ1) is 34.2. The number of nitrogens with zero attached hydrogens (tertiary/aromatic N) is 5. The number of fused-ring (bicyclic) bond motifs is 1. The van der Waals surface area contributed by atoms with Crippen LogP contribution in [0.5, 0.6) is 11.5 Å². The summed E-state index contributed by atoms with van der Waals surface area (Å²) in [6.45, 7) is 6.00. The van der Waals surface area contributed by atoms with Gasteiger partial charge in [-0.25, -0.2) is 9.48 Å². The van der Waals surface area contributed by atoms with Crippen LogP contribution in [0.2, 0.25) is 0 Å². The molecule has 0 radical (unpaired) electrons. The summed E-state index contributed by atoms with van der Waals surface area (Å²) in [6, 6.07) is 16.4. The third kappa shape index (κ3) is 7.53. The molecule has 1 amide bonds. The summed E-state index contributed by atoms with van der Waals surface area (Å²) in [7, 11) is 3.08. The van der Waals surface area contributed by atoms with Gasteiger partial charge in [0.25, 0.3) is 17.6 Å². The number of benzene rings is 2. The smallest absolute Gasteiger partial charge is 0.375 e. The number of rotatable bonds is 14. The fourth-order valence-corrected chi connectivity index (χ4v) is 4.96. The average Bonchev–Trinajstić information content (AvgIpc) is 3.71. The van der Waals surface area contributed by atoms with Crippen LogP contribution in [0.1, 0.15) is 64.0 Å². The van der Waals surface area contributed by atoms with Gasteiger partial charge in [-0.05, 0) is 44.0 Å². The molecule has 4 N–H and O–H groups in total. The van der Waals surface area contributed by atoms with Crippen LogP contribution < -0.4 is 20.5 Å². The van der Waals surface area contributed by atoms with E-state index in [1.54, 1.807) is 45.2 Å². The fraction of sp³-hybridized carbons (Fsp3) is 0.257. The number of aromatic carboxylic acids is 1. The number of hydrogen-bond donors (Lipinski definition) is 3. The van der Waals surface area contributed by atoms with Crippen LogP contribution in [-0.4, -0.2) is 63.2 Å². The maximum atomic E-state index is 13.6. The molecule has 3 heterocycles. The first-order valence-electron chi connectivity index (χ1n) is 15.4. The van der Waals surface area contributed by atoms with Gasteiger partial charge in [0.2, 0.25) is 5.82 Å². The summed E-state index contributed by atoms with van der Waals surface area (Å²) < 4.78 is 23.9. The summed E-state index contributed by atoms with van der Waals surface area (Å²) in [5.41, 5.74) is 9.26. The SMILES string of the molecule is CCCN=C(/C(OCc1ccccc1)=C(/C)N)c1nc(-n2nc(C(=O)NCc3ccc(OC)cc3OC)c3cc(C)ncc32)c(C(=O)O)o1. The second-order valence-corrected chi connectivity index (χ2v) is 11.0. The van der Waals surface area contributed by atoms with Gasteiger partial charge in [0.1, 0.15) is 18.1 Å². The highest BCUT2D eigenvalue weighted by atomic mass is 16.5. The molecule has 2 aromatic carbocycles. The van der Waals surface area contributed by atoms with E-state index in [2.05, 4.69) is 25.4 Å². The number of nitrogens with one attached hydrogen (secondary N) is 1. The quantitative estimate of drug-likeness (QED) is 0.107. The van der Waals surface area contributed by atoms with Crippen molar-refractivity contribution in [3.05, 3.63) is 106 Å². The molecule has 0 saturated heterocycles. The van der Waals surface area contributed by atoms with Crippen molar-refractivity contribution in [2.24, 2.45) is 10.7 Å². The Kier molecular flexibility index (Phi) is 10.6. The van der Waals surface area contributed by atoms with E-state index < -0.39 is 17.6 Å². The van der Waals surface area contributed by atoms with Crippen molar-refractivity contribution < 1.29 is 33.3 Å². The predicted molar refractivity (Wildman–Crippen MR) is 181 cm³/mol. The number of carbonyl (C=O) groups excluding carboxylic acids is 1. The summed E-state index contributed by atoms with van der Waals surface area (Å²) in [4.78, 5) is 39.7. The minimum absolute atomic E-state index is 0.0262. The molecule has 0 bridgehead atoms. The number of allylic oxidation sites excluding steroid dienone is 2. The van der Waals surface area contributed by atoms with E-state index in [-0.39, 0.29) is 42.0 Å². The molecule has 49 heavy (non-hydrogen) atoms. The van der Waals surface area contributed by atoms with Crippen molar-refractivity contribution in [2.45, 2.75) is 40.3 Å². The average molecular weight is 668 g/mol. The Hall–Kier alpha value is -6.18. The lowest BCUT2D eigenvalue weighted by molar-refractivity contribution is 0.0661. The van der Waals surface area contributed by atoms with Crippen molar-refractivity contribution in [1.82, 2.24) is 25.1 Å². The molecular weight excluding hydrogens is 630 g/mol. The van der Waals surface area contributed by atoms with Crippen molar-refractivity contribution in [1.29, 1.82) is 0 Å². The summed E-state index contributed by atoms with van der Waals surface area (Å²) >= 11 is 0. The number of hydrogen-bond acceptors (Lipinski definition) is 11. The van der Waals surface area contributed by atoms with Crippen LogP contribution >= 0.6 is 0 Å². The minimum Gasteiger partial charge on any atom is -0.497 e. The number of pyridine rings is 1. The number of aliphatic imine (C=N–C) groups is 1. The molecule has 0 unspecified atom stereocenters. The zero-order valence-corrected chi connectivity index (χ0v) is 27.8. The van der Waals surface area contributed by atoms with E-state index in [1.165, 1.54) is 18.0 Å². The van der Waals surface area contributed by atoms with Crippen LogP contribution in [0.15, 0.2) is 81.7 Å². The second-order valence-electron chi connectivity index (χ2n) is 11.0. The molecule has 3 aromatic heterocycles. The van der Waals surface area contributed by atoms with E-state index >= 15 is 0 Å². The Morgan fingerprint density at radius 2 is 1.88 bits per heavy atom. The molecule has 0 aliphatic heterocycles. The topological polar surface area (TPSA) is 189 Å². The largest absolute Gasteiger partial charge is 0.497 e. The molecule has 14 nitrogen and oxygen atoms in total. The highest BCUT2D eigenvalue weighted by molar-refractivity contribution is 6.10. The number of carboxylic acids is 1. The van der Waals surface area contributed by atoms with Gasteiger partial charge in [0.05, 0.1) is 31.6 Å². The maximum Gasteiger partial charge on any atom is 0.375 e. The van der Waals surface area contributed by atoms with E-state index in [0.29, 0.717) is 52.3 Å². The number of carboxylic acid groups (broad SMARTS) is 1. The maximum absolute atomic E-state index is 13.6. The molecule has 14 heteroatoms. The fourth-order valence-electron chi connectivity index (χ4n) is 4.96. The van der Waals surface area contributed by atoms with Gasteiger partial charge in [0.15, 0.2) is 17.2 Å². The van der Waals surface area contributed by atoms with Gasteiger partial charge in [-0.15, -0.1) is 0 Å². The number of carbonyl (C=O) groups is 2. The van der Waals surface area contributed by atoms with Gasteiger partial charge in [-0.1, -0.05) is 37.3 Å². The van der Waals surface area contributed by atoms with Gasteiger partial charge in [-0.2, -0.15) is 10.1 Å². The number of oxazole rings is 1. The van der Waals surface area contributed by atoms with E-state index in [4.69, 9.17) is 24.4 Å². The molecule has 5 aromatic rings. The highest BCUT2D eigenvalue weighted by Gasteiger charge is 2.30. The van der Waals surface area contributed by atoms with E-state index in [9.17, 15) is 14.7 Å². The van der Waals surface area contributed by atoms with Crippen LogP contribution in [0.3, 0.4) is 0 Å². The Balaban J connectivity index is 1.56. The predicted octanol–water partition coefficient (Wildman–Crippen LogP) is 4.97. The Morgan fingerprint density at radius 1 is 1.10 bits per heavy atom. The summed E-state index contributed by atoms with van der Waals surface area (Å²) in [5.74, 6) is -1.46. The van der Waals surface area contributed by atoms with Gasteiger partial charge in [0, 0.05) is 35.8 Å². The normalized spacial score (nSPS) is 12.1. The van der Waals surface area contributed by atoms with E-state index in [0.717, 1.165) is 5.56 Å². The zero-order valence-electron chi connectivity index (χ0n) is 27.8. The van der Waals surface area contributed by atoms with Crippen molar-refractivity contribution in [3.63, 3.8) is 0 Å². The van der Waals surface area contributed by atoms with E-state index in [1.807, 2.05) is 37.3 Å². The number of aryl methyl sites for hydroxylation is 1. The molecule has 0 aliphatic rings. The number of nitrogens with two attached hydrogens (primary N) is 1. The number of amides is 1. The third-order valence-corrected chi connectivity index (χ3v) is 7.35. The van der Waals surface area contributed by atoms with Gasteiger partial charge >= 0.3 is 5.97 Å². The molecule has 0 atom stereocenters. The minimum atomic E-state index is -1.41.